The first kappa shape index (κ1) is 2.71. The molecule has 1 saturated carbocycles. The molecular formula is C7H6. The van der Waals surface area contributed by atoms with Crippen molar-refractivity contribution in [3.05, 3.63) is 22.8 Å². The van der Waals surface area contributed by atoms with Crippen molar-refractivity contribution in [2.75, 3.05) is 0 Å². The van der Waals surface area contributed by atoms with Crippen LogP contribution in [-0.4, -0.2) is 0 Å². The fourth-order valence-electron chi connectivity index (χ4n) is 1.69. The van der Waals surface area contributed by atoms with E-state index < -0.39 is 0 Å². The average Bonchev–Trinajstić information content (AvgIpc) is 2.53. The lowest BCUT2D eigenvalue weighted by Crippen LogP contribution is -1.83. The van der Waals surface area contributed by atoms with Gasteiger partial charge >= 0.3 is 0 Å². The van der Waals surface area contributed by atoms with Crippen LogP contribution in [0.4, 0.5) is 0 Å². The summed E-state index contributed by atoms with van der Waals surface area (Å²) in [5, 5.41) is 0. The fraction of sp³-hybridized carbons (Fsp3) is 0.429. The minimum absolute atomic E-state index is 0.980. The highest BCUT2D eigenvalue weighted by Gasteiger charge is 2.57. The van der Waals surface area contributed by atoms with E-state index in [9.17, 15) is 0 Å². The van der Waals surface area contributed by atoms with E-state index in [-0.39, 0.29) is 0 Å². The van der Waals surface area contributed by atoms with Crippen LogP contribution in [0, 0.1) is 5.92 Å². The second-order valence-corrected chi connectivity index (χ2v) is 2.57. The molecule has 0 aromatic rings. The highest BCUT2D eigenvalue weighted by molar-refractivity contribution is 5.79. The normalized spacial score (nSPS) is 40.0. The summed E-state index contributed by atoms with van der Waals surface area (Å²) >= 11 is 0. The van der Waals surface area contributed by atoms with Crippen LogP contribution in [0.1, 0.15) is 12.8 Å². The maximum Gasteiger partial charge on any atom is 0.0308 e. The van der Waals surface area contributed by atoms with Crippen molar-refractivity contribution in [3.63, 3.8) is 0 Å². The van der Waals surface area contributed by atoms with Crippen LogP contribution < -0.4 is 0 Å². The molecule has 0 radical (unpaired) electrons. The summed E-state index contributed by atoms with van der Waals surface area (Å²) in [6.07, 6.45) is 5.13. The van der Waals surface area contributed by atoms with E-state index in [1.54, 1.807) is 16.7 Å². The molecule has 0 aliphatic heterocycles. The molecule has 0 N–H and O–H groups in total. The van der Waals surface area contributed by atoms with Crippen LogP contribution in [0.3, 0.4) is 0 Å². The second-order valence-electron chi connectivity index (χ2n) is 2.57. The minimum atomic E-state index is 0.980. The Morgan fingerprint density at radius 2 is 2.43 bits per heavy atom. The summed E-state index contributed by atoms with van der Waals surface area (Å²) in [7, 11) is 0. The summed E-state index contributed by atoms with van der Waals surface area (Å²) in [6.45, 7) is 0. The van der Waals surface area contributed by atoms with Gasteiger partial charge in [-0.05, 0) is 24.0 Å². The van der Waals surface area contributed by atoms with Crippen molar-refractivity contribution >= 4 is 0 Å². The van der Waals surface area contributed by atoms with Crippen LogP contribution in [0.5, 0.6) is 0 Å². The third-order valence-corrected chi connectivity index (χ3v) is 2.22. The molecule has 7 heavy (non-hydrogen) atoms. The molecule has 3 rings (SSSR count). The summed E-state index contributed by atoms with van der Waals surface area (Å²) in [4.78, 5) is 0. The van der Waals surface area contributed by atoms with Gasteiger partial charge in [0.2, 0.25) is 0 Å². The summed E-state index contributed by atoms with van der Waals surface area (Å²) in [6, 6.07) is 0. The zero-order chi connectivity index (χ0) is 4.43. The van der Waals surface area contributed by atoms with E-state index in [0.717, 1.165) is 5.92 Å². The van der Waals surface area contributed by atoms with E-state index >= 15 is 0 Å². The maximum absolute atomic E-state index is 2.40. The van der Waals surface area contributed by atoms with Crippen LogP contribution in [0.2, 0.25) is 0 Å². The van der Waals surface area contributed by atoms with Gasteiger partial charge in [0.05, 0.1) is 0 Å². The Bertz CT molecular complexity index is 202. The van der Waals surface area contributed by atoms with Gasteiger partial charge in [0, 0.05) is 5.92 Å². The molecule has 0 aromatic carbocycles. The van der Waals surface area contributed by atoms with Gasteiger partial charge in [-0.25, -0.2) is 0 Å². The zero-order valence-electron chi connectivity index (χ0n) is 4.07. The first-order valence-corrected chi connectivity index (χ1v) is 2.92. The van der Waals surface area contributed by atoms with Crippen molar-refractivity contribution in [2.45, 2.75) is 12.8 Å². The Balaban J connectivity index is 2.34. The van der Waals surface area contributed by atoms with Gasteiger partial charge in [0.1, 0.15) is 0 Å². The molecule has 0 nitrogen and oxygen atoms in total. The third-order valence-electron chi connectivity index (χ3n) is 2.22. The van der Waals surface area contributed by atoms with Gasteiger partial charge in [-0.15, -0.1) is 0 Å². The van der Waals surface area contributed by atoms with Gasteiger partial charge in [-0.3, -0.25) is 0 Å². The van der Waals surface area contributed by atoms with E-state index in [4.69, 9.17) is 0 Å². The monoisotopic (exact) mass is 90.0 g/mol. The van der Waals surface area contributed by atoms with E-state index in [2.05, 4.69) is 6.08 Å². The lowest BCUT2D eigenvalue weighted by atomic mass is 10.0. The van der Waals surface area contributed by atoms with Crippen LogP contribution in [0.15, 0.2) is 22.8 Å². The molecule has 0 aromatic heterocycles. The molecule has 1 fully saturated rings. The van der Waals surface area contributed by atoms with Crippen molar-refractivity contribution in [3.8, 4) is 0 Å². The van der Waals surface area contributed by atoms with Gasteiger partial charge in [0.15, 0.2) is 0 Å². The number of hydrogen-bond acceptors (Lipinski definition) is 0. The molecule has 1 unspecified atom stereocenters. The topological polar surface area (TPSA) is 0 Å². The van der Waals surface area contributed by atoms with Gasteiger partial charge in [0.25, 0.3) is 0 Å². The molecule has 34 valence electrons. The zero-order valence-corrected chi connectivity index (χ0v) is 4.07. The molecule has 0 spiro atoms. The smallest absolute Gasteiger partial charge is 0.0308 e. The predicted octanol–water partition coefficient (Wildman–Crippen LogP) is 1.65. The fourth-order valence-corrected chi connectivity index (χ4v) is 1.69. The Hall–Kier alpha value is -0.520. The molecule has 1 atom stereocenters. The largest absolute Gasteiger partial charge is 0.0797 e. The molecule has 0 heterocycles. The summed E-state index contributed by atoms with van der Waals surface area (Å²) in [5.74, 6) is 0.980. The molecule has 0 saturated heterocycles. The summed E-state index contributed by atoms with van der Waals surface area (Å²) < 4.78 is 0. The van der Waals surface area contributed by atoms with E-state index in [0.29, 0.717) is 0 Å². The quantitative estimate of drug-likeness (QED) is 0.424. The first-order valence-electron chi connectivity index (χ1n) is 2.92. The highest BCUT2D eigenvalue weighted by atomic mass is 14.6. The van der Waals surface area contributed by atoms with Crippen molar-refractivity contribution < 1.29 is 0 Å². The minimum Gasteiger partial charge on any atom is -0.0797 e. The van der Waals surface area contributed by atoms with E-state index in [1.807, 2.05) is 0 Å². The van der Waals surface area contributed by atoms with Crippen molar-refractivity contribution in [1.82, 2.24) is 0 Å². The number of hydrogen-bond donors (Lipinski definition) is 0. The second kappa shape index (κ2) is 0.525. The Kier molecular flexibility index (Phi) is 0.203. The Morgan fingerprint density at radius 3 is 2.71 bits per heavy atom. The summed E-state index contributed by atoms with van der Waals surface area (Å²) in [5.41, 5.74) is 5.23. The highest BCUT2D eigenvalue weighted by Crippen LogP contribution is 2.70. The SMILES string of the molecule is C1=C2C3=C(CC1)C23. The van der Waals surface area contributed by atoms with Crippen LogP contribution in [0.25, 0.3) is 0 Å². The first-order chi connectivity index (χ1) is 3.48. The Morgan fingerprint density at radius 1 is 1.57 bits per heavy atom. The lowest BCUT2D eigenvalue weighted by Gasteiger charge is -2.00. The standard InChI is InChI=1S/C7H6/c1-2-4-6-5(3-1)7(4)6/h2,6H,1,3H2. The number of fused-ring (bicyclic) bond motifs is 2. The number of rotatable bonds is 0. The van der Waals surface area contributed by atoms with Crippen molar-refractivity contribution in [2.24, 2.45) is 5.92 Å². The van der Waals surface area contributed by atoms with E-state index in [1.165, 1.54) is 12.8 Å². The van der Waals surface area contributed by atoms with Crippen LogP contribution in [-0.2, 0) is 0 Å². The average molecular weight is 90.1 g/mol. The van der Waals surface area contributed by atoms with Gasteiger partial charge in [-0.1, -0.05) is 11.6 Å². The van der Waals surface area contributed by atoms with Crippen LogP contribution >= 0.6 is 0 Å². The van der Waals surface area contributed by atoms with Crippen molar-refractivity contribution in [1.29, 1.82) is 0 Å². The number of allylic oxidation sites excluding steroid dienone is 4. The molecule has 0 heteroatoms. The molecule has 0 amide bonds. The Labute approximate surface area is 42.5 Å². The third kappa shape index (κ3) is 0.144. The maximum atomic E-state index is 2.40. The molecule has 3 aliphatic rings. The molecule has 3 aliphatic carbocycles. The van der Waals surface area contributed by atoms with Gasteiger partial charge in [-0.2, -0.15) is 0 Å². The molecular weight excluding hydrogens is 84.1 g/mol. The van der Waals surface area contributed by atoms with Gasteiger partial charge < -0.3 is 0 Å². The molecule has 0 bridgehead atoms. The predicted molar refractivity (Wildman–Crippen MR) is 27.8 cm³/mol. The lowest BCUT2D eigenvalue weighted by molar-refractivity contribution is 0.918.